The van der Waals surface area contributed by atoms with Crippen molar-refractivity contribution in [3.05, 3.63) is 35.6 Å². The zero-order valence-electron chi connectivity index (χ0n) is 9.58. The van der Waals surface area contributed by atoms with Crippen molar-refractivity contribution < 1.29 is 0 Å². The van der Waals surface area contributed by atoms with Gasteiger partial charge in [-0.2, -0.15) is 0 Å². The molecule has 1 aromatic carbocycles. The van der Waals surface area contributed by atoms with Gasteiger partial charge in [-0.1, -0.05) is 11.3 Å². The van der Waals surface area contributed by atoms with E-state index in [1.165, 1.54) is 0 Å². The van der Waals surface area contributed by atoms with Gasteiger partial charge < -0.3 is 5.73 Å². The molecule has 3 aromatic rings. The molecule has 0 atom stereocenters. The SMILES string of the molecule is NCCc1nnc(-c2ccc3nccnc3c2)s1. The number of hydrogen-bond acceptors (Lipinski definition) is 6. The van der Waals surface area contributed by atoms with Crippen molar-refractivity contribution in [2.45, 2.75) is 6.42 Å². The fraction of sp³-hybridized carbons (Fsp3) is 0.167. The highest BCUT2D eigenvalue weighted by molar-refractivity contribution is 7.14. The Morgan fingerprint density at radius 1 is 1.06 bits per heavy atom. The molecule has 2 heterocycles. The average Bonchev–Trinajstić information content (AvgIpc) is 2.87. The monoisotopic (exact) mass is 257 g/mol. The summed E-state index contributed by atoms with van der Waals surface area (Å²) < 4.78 is 0. The van der Waals surface area contributed by atoms with Gasteiger partial charge in [0.25, 0.3) is 0 Å². The summed E-state index contributed by atoms with van der Waals surface area (Å²) in [4.78, 5) is 8.52. The minimum absolute atomic E-state index is 0.595. The Bertz CT molecular complexity index is 679. The summed E-state index contributed by atoms with van der Waals surface area (Å²) in [5.41, 5.74) is 8.27. The highest BCUT2D eigenvalue weighted by atomic mass is 32.1. The number of fused-ring (bicyclic) bond motifs is 1. The second-order valence-electron chi connectivity index (χ2n) is 3.80. The Balaban J connectivity index is 2.02. The quantitative estimate of drug-likeness (QED) is 0.772. The molecule has 5 nitrogen and oxygen atoms in total. The Kier molecular flexibility index (Phi) is 2.95. The summed E-state index contributed by atoms with van der Waals surface area (Å²) in [5, 5.41) is 10.2. The Morgan fingerprint density at radius 3 is 2.72 bits per heavy atom. The van der Waals surface area contributed by atoms with E-state index < -0.39 is 0 Å². The van der Waals surface area contributed by atoms with Crippen LogP contribution < -0.4 is 5.73 Å². The molecule has 0 aliphatic rings. The van der Waals surface area contributed by atoms with Crippen molar-refractivity contribution in [2.75, 3.05) is 6.54 Å². The molecular formula is C12H11N5S. The van der Waals surface area contributed by atoms with E-state index in [2.05, 4.69) is 20.2 Å². The third kappa shape index (κ3) is 2.07. The zero-order valence-corrected chi connectivity index (χ0v) is 10.4. The Labute approximate surface area is 108 Å². The highest BCUT2D eigenvalue weighted by Crippen LogP contribution is 2.25. The lowest BCUT2D eigenvalue weighted by Gasteiger charge is -1.98. The summed E-state index contributed by atoms with van der Waals surface area (Å²) in [6, 6.07) is 5.92. The topological polar surface area (TPSA) is 77.6 Å². The summed E-state index contributed by atoms with van der Waals surface area (Å²) in [7, 11) is 0. The largest absolute Gasteiger partial charge is 0.330 e. The van der Waals surface area contributed by atoms with Gasteiger partial charge in [0.05, 0.1) is 11.0 Å². The van der Waals surface area contributed by atoms with E-state index in [0.717, 1.165) is 33.0 Å². The molecule has 90 valence electrons. The molecule has 0 saturated heterocycles. The van der Waals surface area contributed by atoms with Gasteiger partial charge >= 0.3 is 0 Å². The number of rotatable bonds is 3. The average molecular weight is 257 g/mol. The van der Waals surface area contributed by atoms with Gasteiger partial charge in [-0.15, -0.1) is 10.2 Å². The second-order valence-corrected chi connectivity index (χ2v) is 4.86. The normalized spacial score (nSPS) is 10.9. The molecule has 0 saturated carbocycles. The lowest BCUT2D eigenvalue weighted by molar-refractivity contribution is 0.913. The first-order valence-corrected chi connectivity index (χ1v) is 6.42. The van der Waals surface area contributed by atoms with Crippen LogP contribution in [0.25, 0.3) is 21.6 Å². The number of nitrogens with two attached hydrogens (primary N) is 1. The van der Waals surface area contributed by atoms with Crippen LogP contribution in [0.4, 0.5) is 0 Å². The second kappa shape index (κ2) is 4.75. The third-order valence-electron chi connectivity index (χ3n) is 2.54. The predicted octanol–water partition coefficient (Wildman–Crippen LogP) is 1.65. The maximum absolute atomic E-state index is 5.50. The van der Waals surface area contributed by atoms with Crippen LogP contribution in [-0.2, 0) is 6.42 Å². The van der Waals surface area contributed by atoms with Crippen molar-refractivity contribution in [2.24, 2.45) is 5.73 Å². The molecular weight excluding hydrogens is 246 g/mol. The van der Waals surface area contributed by atoms with E-state index in [9.17, 15) is 0 Å². The predicted molar refractivity (Wildman–Crippen MR) is 71.2 cm³/mol. The zero-order chi connectivity index (χ0) is 12.4. The fourth-order valence-electron chi connectivity index (χ4n) is 1.69. The van der Waals surface area contributed by atoms with Crippen LogP contribution in [-0.4, -0.2) is 26.7 Å². The Hall–Kier alpha value is -1.92. The van der Waals surface area contributed by atoms with Crippen LogP contribution in [0.15, 0.2) is 30.6 Å². The molecule has 0 spiro atoms. The highest BCUT2D eigenvalue weighted by Gasteiger charge is 2.07. The number of hydrogen-bond donors (Lipinski definition) is 1. The van der Waals surface area contributed by atoms with Crippen LogP contribution in [0, 0.1) is 0 Å². The lowest BCUT2D eigenvalue weighted by atomic mass is 10.2. The molecule has 0 unspecified atom stereocenters. The third-order valence-corrected chi connectivity index (χ3v) is 3.57. The molecule has 2 aromatic heterocycles. The number of aromatic nitrogens is 4. The number of benzene rings is 1. The Morgan fingerprint density at radius 2 is 1.89 bits per heavy atom. The van der Waals surface area contributed by atoms with Crippen LogP contribution >= 0.6 is 11.3 Å². The summed E-state index contributed by atoms with van der Waals surface area (Å²) in [6.45, 7) is 0.595. The lowest BCUT2D eigenvalue weighted by Crippen LogP contribution is -2.01. The van der Waals surface area contributed by atoms with E-state index in [-0.39, 0.29) is 0 Å². The fourth-order valence-corrected chi connectivity index (χ4v) is 2.54. The standard InChI is InChI=1S/C12H11N5S/c13-4-3-11-16-17-12(18-11)8-1-2-9-10(7-8)15-6-5-14-9/h1-2,5-7H,3-4,13H2. The first-order valence-electron chi connectivity index (χ1n) is 5.60. The van der Waals surface area contributed by atoms with E-state index in [4.69, 9.17) is 5.73 Å². The van der Waals surface area contributed by atoms with E-state index in [1.54, 1.807) is 23.7 Å². The van der Waals surface area contributed by atoms with Crippen LogP contribution in [0.5, 0.6) is 0 Å². The van der Waals surface area contributed by atoms with Gasteiger partial charge in [0.2, 0.25) is 0 Å². The van der Waals surface area contributed by atoms with E-state index >= 15 is 0 Å². The van der Waals surface area contributed by atoms with Gasteiger partial charge in [-0.05, 0) is 24.7 Å². The molecule has 0 radical (unpaired) electrons. The molecule has 0 aliphatic heterocycles. The van der Waals surface area contributed by atoms with Gasteiger partial charge in [0.15, 0.2) is 0 Å². The van der Waals surface area contributed by atoms with Crippen molar-refractivity contribution >= 4 is 22.4 Å². The van der Waals surface area contributed by atoms with Crippen LogP contribution in [0.3, 0.4) is 0 Å². The first kappa shape index (κ1) is 11.2. The summed E-state index contributed by atoms with van der Waals surface area (Å²) in [5.74, 6) is 0. The minimum Gasteiger partial charge on any atom is -0.330 e. The molecule has 0 bridgehead atoms. The maximum atomic E-state index is 5.50. The molecule has 6 heteroatoms. The van der Waals surface area contributed by atoms with Gasteiger partial charge in [-0.25, -0.2) is 0 Å². The first-order chi connectivity index (χ1) is 8.86. The van der Waals surface area contributed by atoms with Crippen LogP contribution in [0.2, 0.25) is 0 Å². The minimum atomic E-state index is 0.595. The molecule has 0 amide bonds. The van der Waals surface area contributed by atoms with Crippen molar-refractivity contribution in [1.82, 2.24) is 20.2 Å². The number of nitrogens with zero attached hydrogens (tertiary/aromatic N) is 4. The smallest absolute Gasteiger partial charge is 0.147 e. The van der Waals surface area contributed by atoms with Crippen molar-refractivity contribution in [3.63, 3.8) is 0 Å². The van der Waals surface area contributed by atoms with Crippen LogP contribution in [0.1, 0.15) is 5.01 Å². The molecule has 0 fully saturated rings. The molecule has 3 rings (SSSR count). The van der Waals surface area contributed by atoms with E-state index in [1.807, 2.05) is 18.2 Å². The van der Waals surface area contributed by atoms with E-state index in [0.29, 0.717) is 6.54 Å². The maximum Gasteiger partial charge on any atom is 0.147 e. The molecule has 18 heavy (non-hydrogen) atoms. The van der Waals surface area contributed by atoms with Gasteiger partial charge in [-0.3, -0.25) is 9.97 Å². The molecule has 0 aliphatic carbocycles. The summed E-state index contributed by atoms with van der Waals surface area (Å²) in [6.07, 6.45) is 4.14. The summed E-state index contributed by atoms with van der Waals surface area (Å²) >= 11 is 1.57. The van der Waals surface area contributed by atoms with Crippen molar-refractivity contribution in [1.29, 1.82) is 0 Å². The van der Waals surface area contributed by atoms with Crippen molar-refractivity contribution in [3.8, 4) is 10.6 Å². The van der Waals surface area contributed by atoms with Gasteiger partial charge in [0, 0.05) is 24.4 Å². The van der Waals surface area contributed by atoms with Gasteiger partial charge in [0.1, 0.15) is 10.0 Å². The molecule has 2 N–H and O–H groups in total.